The molecular weight excluding hydrogens is 326 g/mol. The smallest absolute Gasteiger partial charge is 0.124 e. The van der Waals surface area contributed by atoms with Crippen LogP contribution in [0.3, 0.4) is 0 Å². The fraction of sp³-hybridized carbons (Fsp3) is 0.409. The molecule has 134 valence electrons. The van der Waals surface area contributed by atoms with Crippen molar-refractivity contribution in [2.45, 2.75) is 31.2 Å². The van der Waals surface area contributed by atoms with Gasteiger partial charge in [-0.2, -0.15) is 0 Å². The van der Waals surface area contributed by atoms with Crippen molar-refractivity contribution in [1.82, 2.24) is 0 Å². The first kappa shape index (κ1) is 15.7. The molecule has 2 saturated carbocycles. The second-order valence-electron chi connectivity index (χ2n) is 7.86. The van der Waals surface area contributed by atoms with Gasteiger partial charge < -0.3 is 20.0 Å². The van der Waals surface area contributed by atoms with E-state index in [4.69, 9.17) is 4.74 Å². The molecule has 0 spiro atoms. The maximum Gasteiger partial charge on any atom is 0.124 e. The lowest BCUT2D eigenvalue weighted by atomic mass is 9.67. The van der Waals surface area contributed by atoms with Gasteiger partial charge in [-0.25, -0.2) is 0 Å². The van der Waals surface area contributed by atoms with E-state index in [0.29, 0.717) is 23.7 Å². The monoisotopic (exact) mass is 348 g/mol. The summed E-state index contributed by atoms with van der Waals surface area (Å²) < 4.78 is 5.62. The van der Waals surface area contributed by atoms with E-state index < -0.39 is 5.97 Å². The minimum Gasteiger partial charge on any atom is -0.545 e. The van der Waals surface area contributed by atoms with Crippen LogP contribution in [0.2, 0.25) is 0 Å². The Hall–Kier alpha value is -2.49. The maximum absolute atomic E-state index is 11.7. The van der Waals surface area contributed by atoms with E-state index in [1.54, 1.807) is 13.2 Å². The van der Waals surface area contributed by atoms with Crippen LogP contribution in [0.1, 0.15) is 52.7 Å². The predicted octanol–water partition coefficient (Wildman–Crippen LogP) is 3.36. The zero-order valence-corrected chi connectivity index (χ0v) is 14.8. The molecule has 1 aliphatic heterocycles. The first-order valence-electron chi connectivity index (χ1n) is 9.42. The Morgan fingerprint density at radius 1 is 1.08 bits per heavy atom. The molecule has 3 aliphatic rings. The van der Waals surface area contributed by atoms with Gasteiger partial charge in [0.15, 0.2) is 0 Å². The van der Waals surface area contributed by atoms with Crippen molar-refractivity contribution in [3.05, 3.63) is 59.2 Å². The van der Waals surface area contributed by atoms with Crippen LogP contribution in [0.5, 0.6) is 5.75 Å². The van der Waals surface area contributed by atoms with Crippen molar-refractivity contribution < 1.29 is 14.6 Å². The number of ether oxygens (including phenoxy) is 1. The van der Waals surface area contributed by atoms with Crippen LogP contribution >= 0.6 is 0 Å². The summed E-state index contributed by atoms with van der Waals surface area (Å²) in [5.74, 6) is 1.98. The third-order valence-corrected chi connectivity index (χ3v) is 6.82. The fourth-order valence-electron chi connectivity index (χ4n) is 5.92. The second kappa shape index (κ2) is 5.76. The molecule has 2 aliphatic carbocycles. The lowest BCUT2D eigenvalue weighted by Crippen LogP contribution is -2.37. The van der Waals surface area contributed by atoms with Gasteiger partial charge in [-0.3, -0.25) is 0 Å². The summed E-state index contributed by atoms with van der Waals surface area (Å²) in [5, 5.41) is 15.3. The molecule has 0 unspecified atom stereocenters. The Morgan fingerprint density at radius 2 is 1.85 bits per heavy atom. The normalized spacial score (nSPS) is 31.0. The number of hydrogen-bond donors (Lipinski definition) is 1. The molecule has 5 atom stereocenters. The van der Waals surface area contributed by atoms with Crippen LogP contribution in [-0.4, -0.2) is 13.1 Å². The summed E-state index contributed by atoms with van der Waals surface area (Å²) >= 11 is 0. The summed E-state index contributed by atoms with van der Waals surface area (Å²) in [6.07, 6.45) is 3.77. The average Bonchev–Trinajstić information content (AvgIpc) is 3.29. The molecule has 0 aromatic heterocycles. The van der Waals surface area contributed by atoms with E-state index in [1.165, 1.54) is 19.3 Å². The molecule has 0 amide bonds. The Morgan fingerprint density at radius 3 is 2.65 bits per heavy atom. The zero-order chi connectivity index (χ0) is 17.8. The lowest BCUT2D eigenvalue weighted by molar-refractivity contribution is -0.254. The van der Waals surface area contributed by atoms with Gasteiger partial charge >= 0.3 is 0 Å². The molecule has 5 rings (SSSR count). The number of hydrogen-bond acceptors (Lipinski definition) is 4. The number of carbonyl (C=O) groups excluding carboxylic acids is 1. The summed E-state index contributed by atoms with van der Waals surface area (Å²) in [7, 11) is 1.69. The van der Waals surface area contributed by atoms with Gasteiger partial charge in [0, 0.05) is 16.8 Å². The van der Waals surface area contributed by atoms with E-state index in [2.05, 4.69) is 17.4 Å². The Kier molecular flexibility index (Phi) is 3.49. The SMILES string of the molecule is COc1ccccc1[C@H]1Nc2c(C(=O)[O-])cccc2[C@H]2[C@H]3CC[C@@H](C3)[C@@H]21. The number of benzene rings is 2. The Balaban J connectivity index is 1.69. The average molecular weight is 348 g/mol. The van der Waals surface area contributed by atoms with Crippen molar-refractivity contribution >= 4 is 11.7 Å². The Bertz CT molecular complexity index is 877. The number of aromatic carboxylic acids is 1. The van der Waals surface area contributed by atoms with Crippen LogP contribution in [0.25, 0.3) is 0 Å². The van der Waals surface area contributed by atoms with Crippen LogP contribution in [0.4, 0.5) is 5.69 Å². The summed E-state index contributed by atoms with van der Waals surface area (Å²) in [6, 6.07) is 13.8. The standard InChI is InChI=1S/C22H23NO3/c1-26-17-8-3-2-5-14(17)21-19-13-10-9-12(11-13)18(19)15-6-4-7-16(22(24)25)20(15)23-21/h2-8,12-13,18-19,21,23H,9-11H2,1H3,(H,24,25)/p-1/t12-,13-,18+,19-,21+/m0/s1. The van der Waals surface area contributed by atoms with E-state index >= 15 is 0 Å². The molecule has 2 bridgehead atoms. The minimum atomic E-state index is -1.12. The third-order valence-electron chi connectivity index (χ3n) is 6.82. The summed E-state index contributed by atoms with van der Waals surface area (Å²) in [6.45, 7) is 0. The van der Waals surface area contributed by atoms with Crippen molar-refractivity contribution in [2.24, 2.45) is 17.8 Å². The van der Waals surface area contributed by atoms with Gasteiger partial charge in [-0.1, -0.05) is 36.4 Å². The highest BCUT2D eigenvalue weighted by atomic mass is 16.5. The number of fused-ring (bicyclic) bond motifs is 7. The predicted molar refractivity (Wildman–Crippen MR) is 97.2 cm³/mol. The Labute approximate surface area is 153 Å². The van der Waals surface area contributed by atoms with E-state index in [0.717, 1.165) is 22.6 Å². The third kappa shape index (κ3) is 2.11. The van der Waals surface area contributed by atoms with E-state index in [1.807, 2.05) is 24.3 Å². The molecule has 4 nitrogen and oxygen atoms in total. The van der Waals surface area contributed by atoms with Crippen LogP contribution in [0, 0.1) is 17.8 Å². The number of anilines is 1. The molecule has 2 fully saturated rings. The van der Waals surface area contributed by atoms with Gasteiger partial charge in [-0.05, 0) is 54.6 Å². The molecule has 0 saturated heterocycles. The highest BCUT2D eigenvalue weighted by Gasteiger charge is 2.54. The zero-order valence-electron chi connectivity index (χ0n) is 14.8. The van der Waals surface area contributed by atoms with Crippen molar-refractivity contribution in [2.75, 3.05) is 12.4 Å². The molecule has 2 aromatic carbocycles. The number of methoxy groups -OCH3 is 1. The van der Waals surface area contributed by atoms with Gasteiger partial charge in [-0.15, -0.1) is 0 Å². The number of carbonyl (C=O) groups is 1. The van der Waals surface area contributed by atoms with E-state index in [-0.39, 0.29) is 11.6 Å². The quantitative estimate of drug-likeness (QED) is 0.924. The van der Waals surface area contributed by atoms with E-state index in [9.17, 15) is 9.90 Å². The van der Waals surface area contributed by atoms with Crippen molar-refractivity contribution in [3.63, 3.8) is 0 Å². The number of nitrogens with one attached hydrogen (secondary N) is 1. The molecule has 0 radical (unpaired) electrons. The van der Waals surface area contributed by atoms with Gasteiger partial charge in [0.2, 0.25) is 0 Å². The van der Waals surface area contributed by atoms with Crippen LogP contribution in [-0.2, 0) is 0 Å². The summed E-state index contributed by atoms with van der Waals surface area (Å²) in [4.78, 5) is 11.7. The minimum absolute atomic E-state index is 0.0689. The lowest BCUT2D eigenvalue weighted by Gasteiger charge is -2.44. The highest BCUT2D eigenvalue weighted by Crippen LogP contribution is 2.64. The molecule has 4 heteroatoms. The largest absolute Gasteiger partial charge is 0.545 e. The highest BCUT2D eigenvalue weighted by molar-refractivity contribution is 5.94. The van der Waals surface area contributed by atoms with Crippen LogP contribution < -0.4 is 15.2 Å². The molecule has 1 N–H and O–H groups in total. The first-order valence-corrected chi connectivity index (χ1v) is 9.42. The number of para-hydroxylation sites is 2. The maximum atomic E-state index is 11.7. The topological polar surface area (TPSA) is 61.4 Å². The van der Waals surface area contributed by atoms with Crippen molar-refractivity contribution in [3.8, 4) is 5.75 Å². The first-order chi connectivity index (χ1) is 12.7. The number of carboxylic acid groups (broad SMARTS) is 1. The van der Waals surface area contributed by atoms with Gasteiger partial charge in [0.25, 0.3) is 0 Å². The molecule has 2 aromatic rings. The second-order valence-corrected chi connectivity index (χ2v) is 7.86. The molecule has 1 heterocycles. The van der Waals surface area contributed by atoms with Crippen LogP contribution in [0.15, 0.2) is 42.5 Å². The number of rotatable bonds is 3. The molecular formula is C22H22NO3-. The number of carboxylic acids is 1. The summed E-state index contributed by atoms with van der Waals surface area (Å²) in [5.41, 5.74) is 3.30. The van der Waals surface area contributed by atoms with Gasteiger partial charge in [0.1, 0.15) is 5.75 Å². The molecule has 26 heavy (non-hydrogen) atoms. The van der Waals surface area contributed by atoms with Crippen molar-refractivity contribution in [1.29, 1.82) is 0 Å². The fourth-order valence-corrected chi connectivity index (χ4v) is 5.92. The van der Waals surface area contributed by atoms with Gasteiger partial charge in [0.05, 0.1) is 19.1 Å².